The molecule has 0 aliphatic heterocycles. The van der Waals surface area contributed by atoms with Crippen LogP contribution in [-0.2, 0) is 20.7 Å². The number of carbonyl (C=O) groups is 1. The molecule has 1 aromatic rings. The first-order valence-electron chi connectivity index (χ1n) is 14.7. The molecule has 38 heavy (non-hydrogen) atoms. The average molecular weight is 515 g/mol. The largest absolute Gasteiger partial charge is 0.491 e. The standard InChI is InChI=1S/C35H46O3/c1-7-27-13-17-32-30-15-12-26-20-28(36)14-16-29(26)33(30)31(21-35(27,32)6)25-10-8-24(9-11-25)18-19-37-22-23(2)38-34(3,4)5/h7-11,20,27,30-32H,1-2,12-19,21-22H2,3-6H3. The Morgan fingerprint density at radius 2 is 1.87 bits per heavy atom. The van der Waals surface area contributed by atoms with E-state index in [9.17, 15) is 4.79 Å². The number of fused-ring (bicyclic) bond motifs is 4. The van der Waals surface area contributed by atoms with E-state index < -0.39 is 0 Å². The summed E-state index contributed by atoms with van der Waals surface area (Å²) in [7, 11) is 0. The highest BCUT2D eigenvalue weighted by Crippen LogP contribution is 2.65. The van der Waals surface area contributed by atoms with Gasteiger partial charge in [0.15, 0.2) is 5.78 Å². The van der Waals surface area contributed by atoms with Crippen molar-refractivity contribution in [3.8, 4) is 0 Å². The number of hydrogen-bond acceptors (Lipinski definition) is 3. The molecule has 0 saturated heterocycles. The fraction of sp³-hybridized carbons (Fsp3) is 0.571. The molecule has 4 aliphatic rings. The van der Waals surface area contributed by atoms with Crippen molar-refractivity contribution in [3.05, 3.63) is 83.2 Å². The van der Waals surface area contributed by atoms with Crippen molar-refractivity contribution >= 4 is 5.78 Å². The van der Waals surface area contributed by atoms with Gasteiger partial charge in [-0.1, -0.05) is 49.4 Å². The van der Waals surface area contributed by atoms with Gasteiger partial charge in [0.25, 0.3) is 0 Å². The molecule has 3 heteroatoms. The predicted octanol–water partition coefficient (Wildman–Crippen LogP) is 8.28. The van der Waals surface area contributed by atoms with E-state index in [1.165, 1.54) is 48.0 Å². The molecule has 5 rings (SSSR count). The van der Waals surface area contributed by atoms with Crippen molar-refractivity contribution in [1.29, 1.82) is 0 Å². The van der Waals surface area contributed by atoms with Crippen molar-refractivity contribution < 1.29 is 14.3 Å². The van der Waals surface area contributed by atoms with Crippen molar-refractivity contribution in [2.75, 3.05) is 13.2 Å². The van der Waals surface area contributed by atoms with Crippen LogP contribution in [0.25, 0.3) is 0 Å². The minimum Gasteiger partial charge on any atom is -0.491 e. The van der Waals surface area contributed by atoms with Crippen molar-refractivity contribution in [1.82, 2.24) is 0 Å². The summed E-state index contributed by atoms with van der Waals surface area (Å²) in [6.45, 7) is 17.9. The number of benzene rings is 1. The minimum atomic E-state index is -0.242. The number of rotatable bonds is 8. The first-order valence-corrected chi connectivity index (χ1v) is 14.7. The van der Waals surface area contributed by atoms with Crippen molar-refractivity contribution in [3.63, 3.8) is 0 Å². The van der Waals surface area contributed by atoms with E-state index >= 15 is 0 Å². The topological polar surface area (TPSA) is 35.5 Å². The predicted molar refractivity (Wildman–Crippen MR) is 155 cm³/mol. The third kappa shape index (κ3) is 5.37. The van der Waals surface area contributed by atoms with Gasteiger partial charge in [-0.25, -0.2) is 0 Å². The maximum Gasteiger partial charge on any atom is 0.156 e. The lowest BCUT2D eigenvalue weighted by molar-refractivity contribution is -0.114. The Morgan fingerprint density at radius 1 is 1.11 bits per heavy atom. The smallest absolute Gasteiger partial charge is 0.156 e. The lowest BCUT2D eigenvalue weighted by atomic mass is 9.52. The molecule has 2 saturated carbocycles. The molecule has 0 heterocycles. The highest BCUT2D eigenvalue weighted by molar-refractivity contribution is 5.93. The van der Waals surface area contributed by atoms with Gasteiger partial charge in [0, 0.05) is 12.3 Å². The lowest BCUT2D eigenvalue weighted by Gasteiger charge is -2.52. The van der Waals surface area contributed by atoms with E-state index in [2.05, 4.69) is 50.4 Å². The van der Waals surface area contributed by atoms with Gasteiger partial charge in [0.1, 0.15) is 18.0 Å². The Labute approximate surface area is 230 Å². The molecule has 4 aliphatic carbocycles. The van der Waals surface area contributed by atoms with Crippen LogP contribution < -0.4 is 0 Å². The lowest BCUT2D eigenvalue weighted by Crippen LogP contribution is -2.43. The average Bonchev–Trinajstić information content (AvgIpc) is 3.21. The van der Waals surface area contributed by atoms with E-state index in [0.717, 1.165) is 25.2 Å². The second-order valence-electron chi connectivity index (χ2n) is 13.3. The molecule has 5 unspecified atom stereocenters. The Hall–Kier alpha value is -2.39. The fourth-order valence-electron chi connectivity index (χ4n) is 8.14. The van der Waals surface area contributed by atoms with E-state index in [1.807, 2.05) is 26.8 Å². The molecule has 5 atom stereocenters. The molecule has 0 aromatic heterocycles. The van der Waals surface area contributed by atoms with Crippen LogP contribution >= 0.6 is 0 Å². The van der Waals surface area contributed by atoms with Crippen molar-refractivity contribution in [2.45, 2.75) is 90.6 Å². The highest BCUT2D eigenvalue weighted by atomic mass is 16.5. The molecule has 0 bridgehead atoms. The molecule has 1 aromatic carbocycles. The number of ketones is 1. The molecule has 3 nitrogen and oxygen atoms in total. The summed E-state index contributed by atoms with van der Waals surface area (Å²) in [5.41, 5.74) is 7.33. The maximum atomic E-state index is 12.3. The Bertz CT molecular complexity index is 1140. The SMILES string of the molecule is C=CC1CCC2C3CCC4=CC(=O)CCC4=C3C(c3ccc(CCOCC(=C)OC(C)(C)C)cc3)CC12C. The monoisotopic (exact) mass is 514 g/mol. The molecule has 0 spiro atoms. The molecule has 0 radical (unpaired) electrons. The van der Waals surface area contributed by atoms with Gasteiger partial charge in [-0.05, 0) is 117 Å². The van der Waals surface area contributed by atoms with Gasteiger partial charge in [0.2, 0.25) is 0 Å². The maximum absolute atomic E-state index is 12.3. The third-order valence-electron chi connectivity index (χ3n) is 9.72. The second-order valence-corrected chi connectivity index (χ2v) is 13.3. The van der Waals surface area contributed by atoms with E-state index in [1.54, 1.807) is 5.57 Å². The van der Waals surface area contributed by atoms with Gasteiger partial charge in [0.05, 0.1) is 6.61 Å². The first kappa shape index (κ1) is 27.2. The number of ether oxygens (including phenoxy) is 2. The van der Waals surface area contributed by atoms with Crippen molar-refractivity contribution in [2.24, 2.45) is 23.2 Å². The summed E-state index contributed by atoms with van der Waals surface area (Å²) in [5.74, 6) is 3.39. The molecule has 204 valence electrons. The van der Waals surface area contributed by atoms with Gasteiger partial charge in [-0.2, -0.15) is 0 Å². The minimum absolute atomic E-state index is 0.242. The summed E-state index contributed by atoms with van der Waals surface area (Å²) in [6.07, 6.45) is 12.7. The quantitative estimate of drug-likeness (QED) is 0.199. The number of allylic oxidation sites excluding steroid dienone is 5. The Morgan fingerprint density at radius 3 is 2.58 bits per heavy atom. The number of carbonyl (C=O) groups excluding carboxylic acids is 1. The highest BCUT2D eigenvalue weighted by Gasteiger charge is 2.55. The van der Waals surface area contributed by atoms with E-state index in [4.69, 9.17) is 9.47 Å². The van der Waals surface area contributed by atoms with Gasteiger partial charge >= 0.3 is 0 Å². The molecular formula is C35H46O3. The first-order chi connectivity index (χ1) is 18.1. The zero-order chi connectivity index (χ0) is 27.1. The molecular weight excluding hydrogens is 468 g/mol. The normalized spacial score (nSPS) is 30.7. The summed E-state index contributed by atoms with van der Waals surface area (Å²) < 4.78 is 11.6. The van der Waals surface area contributed by atoms with Crippen LogP contribution in [0.1, 0.15) is 89.7 Å². The third-order valence-corrected chi connectivity index (χ3v) is 9.72. The zero-order valence-corrected chi connectivity index (χ0v) is 24.0. The summed E-state index contributed by atoms with van der Waals surface area (Å²) in [6, 6.07) is 9.30. The van der Waals surface area contributed by atoms with Crippen LogP contribution in [0.3, 0.4) is 0 Å². The van der Waals surface area contributed by atoms with E-state index in [-0.39, 0.29) is 5.60 Å². The molecule has 0 N–H and O–H groups in total. The van der Waals surface area contributed by atoms with Crippen LogP contribution in [-0.4, -0.2) is 24.6 Å². The van der Waals surface area contributed by atoms with Crippen LogP contribution in [0.15, 0.2) is 72.1 Å². The van der Waals surface area contributed by atoms with Gasteiger partial charge in [-0.15, -0.1) is 6.58 Å². The zero-order valence-electron chi connectivity index (χ0n) is 24.0. The van der Waals surface area contributed by atoms with Crippen LogP contribution in [0.5, 0.6) is 0 Å². The summed E-state index contributed by atoms with van der Waals surface area (Å²) in [4.78, 5) is 12.3. The van der Waals surface area contributed by atoms with Gasteiger partial charge in [-0.3, -0.25) is 4.79 Å². The Balaban J connectivity index is 1.35. The van der Waals surface area contributed by atoms with E-state index in [0.29, 0.717) is 54.3 Å². The molecule has 2 fully saturated rings. The van der Waals surface area contributed by atoms with Crippen LogP contribution in [0, 0.1) is 23.2 Å². The van der Waals surface area contributed by atoms with Crippen LogP contribution in [0.4, 0.5) is 0 Å². The molecule has 0 amide bonds. The summed E-state index contributed by atoms with van der Waals surface area (Å²) >= 11 is 0. The summed E-state index contributed by atoms with van der Waals surface area (Å²) in [5, 5.41) is 0. The van der Waals surface area contributed by atoms with Gasteiger partial charge < -0.3 is 9.47 Å². The second kappa shape index (κ2) is 10.6. The number of hydrogen-bond donors (Lipinski definition) is 0. The fourth-order valence-corrected chi connectivity index (χ4v) is 8.14. The van der Waals surface area contributed by atoms with Crippen LogP contribution in [0.2, 0.25) is 0 Å². The Kier molecular flexibility index (Phi) is 7.61.